The second-order valence-corrected chi connectivity index (χ2v) is 3.62. The molecule has 2 nitrogen and oxygen atoms in total. The summed E-state index contributed by atoms with van der Waals surface area (Å²) in [5.74, 6) is 0. The van der Waals surface area contributed by atoms with E-state index in [-0.39, 0.29) is 0 Å². The van der Waals surface area contributed by atoms with E-state index in [2.05, 4.69) is 37.5 Å². The third kappa shape index (κ3) is 2.34. The van der Waals surface area contributed by atoms with Crippen LogP contribution in [-0.4, -0.2) is 18.3 Å². The molecule has 0 aromatic carbocycles. The number of methoxy groups -OCH3 is 1. The van der Waals surface area contributed by atoms with Crippen LogP contribution in [0.3, 0.4) is 0 Å². The fraction of sp³-hybridized carbons (Fsp3) is 0.636. The molecule has 0 spiro atoms. The second-order valence-electron chi connectivity index (χ2n) is 3.62. The zero-order valence-corrected chi connectivity index (χ0v) is 9.00. The van der Waals surface area contributed by atoms with Crippen LogP contribution < -0.4 is 0 Å². The Morgan fingerprint density at radius 2 is 1.85 bits per heavy atom. The Kier molecular flexibility index (Phi) is 3.55. The van der Waals surface area contributed by atoms with Crippen LogP contribution >= 0.6 is 0 Å². The summed E-state index contributed by atoms with van der Waals surface area (Å²) < 4.78 is 7.44. The molecule has 1 unspecified atom stereocenters. The van der Waals surface area contributed by atoms with E-state index in [0.717, 1.165) is 13.0 Å². The number of aryl methyl sites for hydroxylation is 2. The number of ether oxygens (including phenoxy) is 1. The molecule has 0 saturated heterocycles. The molecule has 1 rings (SSSR count). The fourth-order valence-corrected chi connectivity index (χ4v) is 1.79. The summed E-state index contributed by atoms with van der Waals surface area (Å²) in [4.78, 5) is 0. The molecule has 0 saturated carbocycles. The highest BCUT2D eigenvalue weighted by molar-refractivity contribution is 5.14. The lowest BCUT2D eigenvalue weighted by atomic mass is 10.2. The van der Waals surface area contributed by atoms with Crippen LogP contribution in [0.25, 0.3) is 0 Å². The first kappa shape index (κ1) is 10.3. The SMILES string of the molecule is COCCC(C)n1c(C)ccc1C. The minimum absolute atomic E-state index is 0.537. The zero-order valence-electron chi connectivity index (χ0n) is 9.00. The highest BCUT2D eigenvalue weighted by atomic mass is 16.5. The van der Waals surface area contributed by atoms with Crippen molar-refractivity contribution in [3.05, 3.63) is 23.5 Å². The van der Waals surface area contributed by atoms with Gasteiger partial charge in [0.1, 0.15) is 0 Å². The molecular weight excluding hydrogens is 162 g/mol. The third-order valence-electron chi connectivity index (χ3n) is 2.51. The van der Waals surface area contributed by atoms with Crippen molar-refractivity contribution in [1.82, 2.24) is 4.57 Å². The minimum atomic E-state index is 0.537. The van der Waals surface area contributed by atoms with Crippen molar-refractivity contribution >= 4 is 0 Å². The Hall–Kier alpha value is -0.760. The molecule has 0 N–H and O–H groups in total. The summed E-state index contributed by atoms with van der Waals surface area (Å²) in [6.07, 6.45) is 1.08. The molecule has 0 radical (unpaired) electrons. The molecule has 74 valence electrons. The van der Waals surface area contributed by atoms with Crippen LogP contribution in [0.2, 0.25) is 0 Å². The van der Waals surface area contributed by atoms with Crippen LogP contribution in [0.5, 0.6) is 0 Å². The molecule has 1 aromatic heterocycles. The van der Waals surface area contributed by atoms with E-state index in [1.807, 2.05) is 0 Å². The quantitative estimate of drug-likeness (QED) is 0.696. The van der Waals surface area contributed by atoms with Crippen molar-refractivity contribution in [3.8, 4) is 0 Å². The van der Waals surface area contributed by atoms with Gasteiger partial charge >= 0.3 is 0 Å². The van der Waals surface area contributed by atoms with Gasteiger partial charge in [0, 0.05) is 31.1 Å². The van der Waals surface area contributed by atoms with Crippen molar-refractivity contribution < 1.29 is 4.74 Å². The average molecular weight is 181 g/mol. The van der Waals surface area contributed by atoms with Crippen molar-refractivity contribution in [1.29, 1.82) is 0 Å². The van der Waals surface area contributed by atoms with Gasteiger partial charge in [-0.25, -0.2) is 0 Å². The Morgan fingerprint density at radius 3 is 2.31 bits per heavy atom. The van der Waals surface area contributed by atoms with E-state index in [1.165, 1.54) is 11.4 Å². The topological polar surface area (TPSA) is 14.2 Å². The van der Waals surface area contributed by atoms with Gasteiger partial charge in [0.25, 0.3) is 0 Å². The Balaban J connectivity index is 2.69. The number of rotatable bonds is 4. The maximum absolute atomic E-state index is 5.08. The van der Waals surface area contributed by atoms with Gasteiger partial charge in [-0.15, -0.1) is 0 Å². The standard InChI is InChI=1S/C11H19NO/c1-9-5-6-10(2)12(9)11(3)7-8-13-4/h5-6,11H,7-8H2,1-4H3. The summed E-state index contributed by atoms with van der Waals surface area (Å²) >= 11 is 0. The molecule has 0 fully saturated rings. The van der Waals surface area contributed by atoms with Crippen molar-refractivity contribution in [3.63, 3.8) is 0 Å². The number of hydrogen-bond acceptors (Lipinski definition) is 1. The summed E-state index contributed by atoms with van der Waals surface area (Å²) in [6.45, 7) is 7.36. The van der Waals surface area contributed by atoms with E-state index >= 15 is 0 Å². The van der Waals surface area contributed by atoms with E-state index < -0.39 is 0 Å². The molecular formula is C11H19NO. The maximum atomic E-state index is 5.08. The zero-order chi connectivity index (χ0) is 9.84. The Morgan fingerprint density at radius 1 is 1.31 bits per heavy atom. The molecule has 2 heteroatoms. The third-order valence-corrected chi connectivity index (χ3v) is 2.51. The lowest BCUT2D eigenvalue weighted by Crippen LogP contribution is -2.10. The van der Waals surface area contributed by atoms with Crippen LogP contribution in [0.15, 0.2) is 12.1 Å². The Labute approximate surface area is 80.5 Å². The number of nitrogens with zero attached hydrogens (tertiary/aromatic N) is 1. The van der Waals surface area contributed by atoms with Crippen molar-refractivity contribution in [2.45, 2.75) is 33.2 Å². The fourth-order valence-electron chi connectivity index (χ4n) is 1.79. The summed E-state index contributed by atoms with van der Waals surface area (Å²) in [7, 11) is 1.75. The smallest absolute Gasteiger partial charge is 0.0481 e. The Bertz CT molecular complexity index is 246. The van der Waals surface area contributed by atoms with Crippen molar-refractivity contribution in [2.75, 3.05) is 13.7 Å². The normalized spacial score (nSPS) is 13.2. The van der Waals surface area contributed by atoms with E-state index in [4.69, 9.17) is 4.74 Å². The minimum Gasteiger partial charge on any atom is -0.385 e. The van der Waals surface area contributed by atoms with Gasteiger partial charge in [0.05, 0.1) is 0 Å². The van der Waals surface area contributed by atoms with Crippen molar-refractivity contribution in [2.24, 2.45) is 0 Å². The first-order valence-electron chi connectivity index (χ1n) is 4.80. The molecule has 0 bridgehead atoms. The van der Waals surface area contributed by atoms with Gasteiger partial charge in [-0.1, -0.05) is 0 Å². The molecule has 1 aromatic rings. The van der Waals surface area contributed by atoms with E-state index in [1.54, 1.807) is 7.11 Å². The molecule has 0 aliphatic rings. The van der Waals surface area contributed by atoms with Crippen LogP contribution in [0, 0.1) is 13.8 Å². The van der Waals surface area contributed by atoms with Crippen LogP contribution in [-0.2, 0) is 4.74 Å². The highest BCUT2D eigenvalue weighted by Gasteiger charge is 2.08. The summed E-state index contributed by atoms with van der Waals surface area (Å²) in [5.41, 5.74) is 2.67. The predicted octanol–water partition coefficient (Wildman–Crippen LogP) is 2.70. The summed E-state index contributed by atoms with van der Waals surface area (Å²) in [5, 5.41) is 0. The van der Waals surface area contributed by atoms with Crippen LogP contribution in [0.4, 0.5) is 0 Å². The first-order valence-corrected chi connectivity index (χ1v) is 4.80. The predicted molar refractivity (Wildman–Crippen MR) is 55.1 cm³/mol. The molecule has 0 aliphatic heterocycles. The average Bonchev–Trinajstić information content (AvgIpc) is 2.42. The largest absolute Gasteiger partial charge is 0.385 e. The van der Waals surface area contributed by atoms with Gasteiger partial charge in [0.2, 0.25) is 0 Å². The number of hydrogen-bond donors (Lipinski definition) is 0. The van der Waals surface area contributed by atoms with Gasteiger partial charge in [-0.2, -0.15) is 0 Å². The van der Waals surface area contributed by atoms with Gasteiger partial charge in [0.15, 0.2) is 0 Å². The van der Waals surface area contributed by atoms with Gasteiger partial charge < -0.3 is 9.30 Å². The van der Waals surface area contributed by atoms with Crippen LogP contribution in [0.1, 0.15) is 30.8 Å². The van der Waals surface area contributed by atoms with E-state index in [9.17, 15) is 0 Å². The second kappa shape index (κ2) is 4.47. The van der Waals surface area contributed by atoms with Gasteiger partial charge in [-0.05, 0) is 39.3 Å². The summed E-state index contributed by atoms with van der Waals surface area (Å²) in [6, 6.07) is 4.87. The lowest BCUT2D eigenvalue weighted by Gasteiger charge is -2.17. The molecule has 13 heavy (non-hydrogen) atoms. The maximum Gasteiger partial charge on any atom is 0.0481 e. The first-order chi connectivity index (χ1) is 6.16. The van der Waals surface area contributed by atoms with Gasteiger partial charge in [-0.3, -0.25) is 0 Å². The molecule has 0 aliphatic carbocycles. The monoisotopic (exact) mass is 181 g/mol. The lowest BCUT2D eigenvalue weighted by molar-refractivity contribution is 0.180. The molecule has 1 atom stereocenters. The highest BCUT2D eigenvalue weighted by Crippen LogP contribution is 2.17. The number of aromatic nitrogens is 1. The molecule has 1 heterocycles. The molecule has 0 amide bonds. The van der Waals surface area contributed by atoms with E-state index in [0.29, 0.717) is 6.04 Å².